The molecule has 1 amide bonds. The Bertz CT molecular complexity index is 1170. The van der Waals surface area contributed by atoms with Crippen molar-refractivity contribution in [2.24, 2.45) is 0 Å². The quantitative estimate of drug-likeness (QED) is 0.518. The fourth-order valence-corrected chi connectivity index (χ4v) is 4.11. The minimum absolute atomic E-state index is 0.217. The maximum atomic E-state index is 12.7. The summed E-state index contributed by atoms with van der Waals surface area (Å²) in [6, 6.07) is 7.41. The molecule has 0 spiro atoms. The lowest BCUT2D eigenvalue weighted by molar-refractivity contribution is 0.0942. The summed E-state index contributed by atoms with van der Waals surface area (Å²) in [6.07, 6.45) is 0. The van der Waals surface area contributed by atoms with Gasteiger partial charge in [-0.25, -0.2) is 9.97 Å². The number of fused-ring (bicyclic) bond motifs is 2. The lowest BCUT2D eigenvalue weighted by Crippen LogP contribution is -2.27. The van der Waals surface area contributed by atoms with Crippen LogP contribution in [0, 0.1) is 13.8 Å². The van der Waals surface area contributed by atoms with Crippen LogP contribution in [0.5, 0.6) is 0 Å². The van der Waals surface area contributed by atoms with Gasteiger partial charge in [-0.15, -0.1) is 11.3 Å². The lowest BCUT2D eigenvalue weighted by Gasteiger charge is -2.10. The highest BCUT2D eigenvalue weighted by Crippen LogP contribution is 2.27. The largest absolute Gasteiger partial charge is 0.342 e. The Morgan fingerprint density at radius 1 is 1.19 bits per heavy atom. The predicted octanol–water partition coefficient (Wildman–Crippen LogP) is 2.97. The summed E-state index contributed by atoms with van der Waals surface area (Å²) in [5, 5.41) is 3.42. The highest BCUT2D eigenvalue weighted by Gasteiger charge is 2.21. The number of aromatic amines is 2. The Morgan fingerprint density at radius 3 is 2.73 bits per heavy atom. The SMILES string of the molecule is Cc1nc2sc(C(=O)NC(C)c3nc4ccccc4[nH]3)c(C)c2c(=O)[nH]1. The molecule has 3 aromatic heterocycles. The van der Waals surface area contributed by atoms with Crippen LogP contribution >= 0.6 is 11.3 Å². The van der Waals surface area contributed by atoms with Crippen molar-refractivity contribution in [2.45, 2.75) is 26.8 Å². The normalized spacial score (nSPS) is 12.6. The number of imidazole rings is 1. The van der Waals surface area contributed by atoms with E-state index in [4.69, 9.17) is 0 Å². The molecule has 3 N–H and O–H groups in total. The second-order valence-electron chi connectivity index (χ2n) is 6.22. The van der Waals surface area contributed by atoms with Gasteiger partial charge in [0.25, 0.3) is 11.5 Å². The summed E-state index contributed by atoms with van der Waals surface area (Å²) >= 11 is 1.23. The first-order valence-electron chi connectivity index (χ1n) is 8.19. The highest BCUT2D eigenvalue weighted by atomic mass is 32.1. The van der Waals surface area contributed by atoms with Crippen LogP contribution in [-0.4, -0.2) is 25.8 Å². The molecule has 1 unspecified atom stereocenters. The third-order valence-corrected chi connectivity index (χ3v) is 5.48. The van der Waals surface area contributed by atoms with Gasteiger partial charge in [0.2, 0.25) is 0 Å². The van der Waals surface area contributed by atoms with Gasteiger partial charge in [-0.2, -0.15) is 0 Å². The molecule has 7 nitrogen and oxygen atoms in total. The van der Waals surface area contributed by atoms with Crippen LogP contribution in [0.25, 0.3) is 21.3 Å². The molecule has 1 atom stereocenters. The first kappa shape index (κ1) is 16.5. The number of carbonyl (C=O) groups excluding carboxylic acids is 1. The highest BCUT2D eigenvalue weighted by molar-refractivity contribution is 7.20. The number of carbonyl (C=O) groups is 1. The van der Waals surface area contributed by atoms with E-state index >= 15 is 0 Å². The standard InChI is InChI=1S/C18H17N5O2S/c1-8-13-16(24)20-10(3)21-18(13)26-14(8)17(25)19-9(2)15-22-11-6-4-5-7-12(11)23-15/h4-7,9H,1-3H3,(H,19,25)(H,22,23)(H,20,21,24). The molecule has 0 saturated heterocycles. The number of amides is 1. The smallest absolute Gasteiger partial charge is 0.262 e. The summed E-state index contributed by atoms with van der Waals surface area (Å²) in [7, 11) is 0. The monoisotopic (exact) mass is 367 g/mol. The number of aryl methyl sites for hydroxylation is 2. The maximum Gasteiger partial charge on any atom is 0.262 e. The molecule has 4 aromatic rings. The zero-order valence-corrected chi connectivity index (χ0v) is 15.3. The van der Waals surface area contributed by atoms with E-state index in [9.17, 15) is 9.59 Å². The first-order valence-corrected chi connectivity index (χ1v) is 9.01. The molecule has 0 saturated carbocycles. The molecule has 0 aliphatic heterocycles. The molecule has 132 valence electrons. The molecule has 0 aliphatic carbocycles. The van der Waals surface area contributed by atoms with Crippen LogP contribution in [0.4, 0.5) is 0 Å². The molecule has 0 bridgehead atoms. The fourth-order valence-electron chi connectivity index (χ4n) is 2.98. The number of nitrogens with zero attached hydrogens (tertiary/aromatic N) is 2. The van der Waals surface area contributed by atoms with E-state index in [1.165, 1.54) is 11.3 Å². The topological polar surface area (TPSA) is 104 Å². The summed E-state index contributed by atoms with van der Waals surface area (Å²) in [5.41, 5.74) is 2.21. The molecule has 26 heavy (non-hydrogen) atoms. The van der Waals surface area contributed by atoms with Crippen molar-refractivity contribution >= 4 is 38.5 Å². The van der Waals surface area contributed by atoms with Crippen molar-refractivity contribution < 1.29 is 4.79 Å². The van der Waals surface area contributed by atoms with Crippen molar-refractivity contribution in [3.05, 3.63) is 56.7 Å². The molecule has 8 heteroatoms. The number of hydrogen-bond acceptors (Lipinski definition) is 5. The summed E-state index contributed by atoms with van der Waals surface area (Å²) in [6.45, 7) is 5.36. The Morgan fingerprint density at radius 2 is 1.96 bits per heavy atom. The molecular formula is C18H17N5O2S. The zero-order chi connectivity index (χ0) is 18.4. The van der Waals surface area contributed by atoms with Crippen molar-refractivity contribution in [3.63, 3.8) is 0 Å². The number of nitrogens with one attached hydrogen (secondary N) is 3. The molecule has 0 fully saturated rings. The van der Waals surface area contributed by atoms with Gasteiger partial charge in [-0.1, -0.05) is 12.1 Å². The minimum atomic E-state index is -0.299. The Kier molecular flexibility index (Phi) is 3.84. The van der Waals surface area contributed by atoms with E-state index in [1.807, 2.05) is 31.2 Å². The Balaban J connectivity index is 1.65. The van der Waals surface area contributed by atoms with Crippen molar-refractivity contribution in [1.82, 2.24) is 25.3 Å². The number of rotatable bonds is 3. The van der Waals surface area contributed by atoms with Crippen molar-refractivity contribution in [3.8, 4) is 0 Å². The Labute approximate surface area is 152 Å². The summed E-state index contributed by atoms with van der Waals surface area (Å²) < 4.78 is 0. The second kappa shape index (κ2) is 6.06. The first-order chi connectivity index (χ1) is 12.4. The number of benzene rings is 1. The maximum absolute atomic E-state index is 12.7. The summed E-state index contributed by atoms with van der Waals surface area (Å²) in [4.78, 5) is 40.7. The van der Waals surface area contributed by atoms with E-state index in [2.05, 4.69) is 25.3 Å². The van der Waals surface area contributed by atoms with Crippen LogP contribution in [-0.2, 0) is 0 Å². The molecule has 3 heterocycles. The van der Waals surface area contributed by atoms with Crippen LogP contribution < -0.4 is 10.9 Å². The van der Waals surface area contributed by atoms with Crippen LogP contribution in [0.2, 0.25) is 0 Å². The van der Waals surface area contributed by atoms with Gasteiger partial charge in [0.1, 0.15) is 16.5 Å². The van der Waals surface area contributed by atoms with Gasteiger partial charge < -0.3 is 15.3 Å². The summed E-state index contributed by atoms with van der Waals surface area (Å²) in [5.74, 6) is 0.979. The number of H-pyrrole nitrogens is 2. The van der Waals surface area contributed by atoms with E-state index in [-0.39, 0.29) is 17.5 Å². The van der Waals surface area contributed by atoms with Gasteiger partial charge in [0.15, 0.2) is 0 Å². The lowest BCUT2D eigenvalue weighted by atomic mass is 10.2. The van der Waals surface area contributed by atoms with Gasteiger partial charge in [-0.3, -0.25) is 9.59 Å². The van der Waals surface area contributed by atoms with Crippen LogP contribution in [0.15, 0.2) is 29.1 Å². The zero-order valence-electron chi connectivity index (χ0n) is 14.5. The molecular weight excluding hydrogens is 350 g/mol. The number of hydrogen-bond donors (Lipinski definition) is 3. The third kappa shape index (κ3) is 2.68. The Hall–Kier alpha value is -3.00. The number of thiophene rings is 1. The van der Waals surface area contributed by atoms with E-state index in [0.29, 0.717) is 32.3 Å². The minimum Gasteiger partial charge on any atom is -0.342 e. The van der Waals surface area contributed by atoms with E-state index in [1.54, 1.807) is 13.8 Å². The average Bonchev–Trinajstić information content (AvgIpc) is 3.16. The predicted molar refractivity (Wildman–Crippen MR) is 102 cm³/mol. The van der Waals surface area contributed by atoms with Crippen molar-refractivity contribution in [2.75, 3.05) is 0 Å². The third-order valence-electron chi connectivity index (χ3n) is 4.29. The van der Waals surface area contributed by atoms with Gasteiger partial charge >= 0.3 is 0 Å². The number of aromatic nitrogens is 4. The molecule has 1 aromatic carbocycles. The average molecular weight is 367 g/mol. The van der Waals surface area contributed by atoms with Gasteiger partial charge in [0, 0.05) is 0 Å². The van der Waals surface area contributed by atoms with Crippen LogP contribution in [0.1, 0.15) is 39.8 Å². The molecule has 0 aliphatic rings. The van der Waals surface area contributed by atoms with Crippen molar-refractivity contribution in [1.29, 1.82) is 0 Å². The second-order valence-corrected chi connectivity index (χ2v) is 7.22. The van der Waals surface area contributed by atoms with E-state index in [0.717, 1.165) is 11.0 Å². The van der Waals surface area contributed by atoms with E-state index < -0.39 is 0 Å². The van der Waals surface area contributed by atoms with Crippen LogP contribution in [0.3, 0.4) is 0 Å². The van der Waals surface area contributed by atoms with Gasteiger partial charge in [-0.05, 0) is 38.5 Å². The van der Waals surface area contributed by atoms with Gasteiger partial charge in [0.05, 0.1) is 27.3 Å². The molecule has 0 radical (unpaired) electrons. The fraction of sp³-hybridized carbons (Fsp3) is 0.222. The number of para-hydroxylation sites is 2. The molecule has 4 rings (SSSR count).